The van der Waals surface area contributed by atoms with Crippen molar-refractivity contribution in [2.45, 2.75) is 18.1 Å². The topological polar surface area (TPSA) is 75.3 Å². The first-order chi connectivity index (χ1) is 11.6. The van der Waals surface area contributed by atoms with E-state index < -0.39 is 0 Å². The van der Waals surface area contributed by atoms with Crippen LogP contribution in [0, 0.1) is 0 Å². The standard InChI is InChI=1S/C17H16N2O3S2/c20-15(13-2-1-9-23-13)18-8-7-11-3-5-12(6-4-11)10-14-16(21)19-17(22)24-14/h1-6,9,14H,7-8,10H2,(H,18,20)(H,19,21,22)/t14-/m1/s1. The zero-order chi connectivity index (χ0) is 16.9. The molecule has 1 atom stereocenters. The number of carbonyl (C=O) groups is 3. The maximum atomic E-state index is 11.8. The van der Waals surface area contributed by atoms with E-state index in [1.807, 2.05) is 35.7 Å². The Bertz CT molecular complexity index is 742. The van der Waals surface area contributed by atoms with Gasteiger partial charge in [-0.3, -0.25) is 19.7 Å². The fourth-order valence-corrected chi connectivity index (χ4v) is 3.90. The SMILES string of the molecule is O=C1NC(=O)[C@@H](Cc2ccc(CCNC(=O)c3cccs3)cc2)S1. The Morgan fingerprint density at radius 2 is 1.88 bits per heavy atom. The van der Waals surface area contributed by atoms with Gasteiger partial charge in [-0.25, -0.2) is 0 Å². The number of benzene rings is 1. The molecule has 3 amide bonds. The molecule has 124 valence electrons. The second-order valence-electron chi connectivity index (χ2n) is 5.39. The number of thioether (sulfide) groups is 1. The van der Waals surface area contributed by atoms with E-state index in [0.29, 0.717) is 17.8 Å². The summed E-state index contributed by atoms with van der Waals surface area (Å²) in [5.41, 5.74) is 2.13. The molecule has 1 fully saturated rings. The highest BCUT2D eigenvalue weighted by Crippen LogP contribution is 2.23. The first-order valence-electron chi connectivity index (χ1n) is 7.53. The van der Waals surface area contributed by atoms with Crippen LogP contribution in [-0.2, 0) is 17.6 Å². The van der Waals surface area contributed by atoms with E-state index in [-0.39, 0.29) is 22.3 Å². The predicted molar refractivity (Wildman–Crippen MR) is 95.4 cm³/mol. The molecule has 0 radical (unpaired) electrons. The lowest BCUT2D eigenvalue weighted by molar-refractivity contribution is -0.118. The van der Waals surface area contributed by atoms with Crippen molar-refractivity contribution < 1.29 is 14.4 Å². The van der Waals surface area contributed by atoms with Crippen LogP contribution in [0.4, 0.5) is 4.79 Å². The van der Waals surface area contributed by atoms with Crippen molar-refractivity contribution in [2.24, 2.45) is 0 Å². The number of carbonyl (C=O) groups excluding carboxylic acids is 3. The van der Waals surface area contributed by atoms with Crippen LogP contribution in [0.3, 0.4) is 0 Å². The monoisotopic (exact) mass is 360 g/mol. The summed E-state index contributed by atoms with van der Waals surface area (Å²) in [6.07, 6.45) is 1.28. The van der Waals surface area contributed by atoms with Crippen LogP contribution in [0.5, 0.6) is 0 Å². The molecule has 1 aromatic heterocycles. The van der Waals surface area contributed by atoms with Crippen molar-refractivity contribution in [3.8, 4) is 0 Å². The summed E-state index contributed by atoms with van der Waals surface area (Å²) in [6.45, 7) is 0.575. The van der Waals surface area contributed by atoms with Gasteiger partial charge in [0.1, 0.15) is 0 Å². The normalized spacial score (nSPS) is 16.9. The van der Waals surface area contributed by atoms with Gasteiger partial charge in [0.25, 0.3) is 11.1 Å². The van der Waals surface area contributed by atoms with Gasteiger partial charge in [-0.05, 0) is 35.4 Å². The molecule has 24 heavy (non-hydrogen) atoms. The van der Waals surface area contributed by atoms with Gasteiger partial charge in [-0.2, -0.15) is 0 Å². The molecule has 0 saturated carbocycles. The lowest BCUT2D eigenvalue weighted by atomic mass is 10.1. The molecule has 2 N–H and O–H groups in total. The Balaban J connectivity index is 1.47. The zero-order valence-corrected chi connectivity index (χ0v) is 14.4. The molecular weight excluding hydrogens is 344 g/mol. The number of thiophene rings is 1. The Hall–Kier alpha value is -2.12. The van der Waals surface area contributed by atoms with Crippen molar-refractivity contribution in [2.75, 3.05) is 6.54 Å². The second kappa shape index (κ2) is 7.63. The average molecular weight is 360 g/mol. The van der Waals surface area contributed by atoms with Crippen LogP contribution in [0.1, 0.15) is 20.8 Å². The first kappa shape index (κ1) is 16.7. The molecule has 1 saturated heterocycles. The van der Waals surface area contributed by atoms with Crippen molar-refractivity contribution in [3.05, 3.63) is 57.8 Å². The predicted octanol–water partition coefficient (Wildman–Crippen LogP) is 2.61. The zero-order valence-electron chi connectivity index (χ0n) is 12.8. The number of imide groups is 1. The van der Waals surface area contributed by atoms with E-state index in [0.717, 1.165) is 29.3 Å². The molecule has 5 nitrogen and oxygen atoms in total. The third-order valence-corrected chi connectivity index (χ3v) is 5.51. The molecule has 0 bridgehead atoms. The molecule has 0 unspecified atom stereocenters. The van der Waals surface area contributed by atoms with Gasteiger partial charge in [0.15, 0.2) is 0 Å². The number of hydrogen-bond acceptors (Lipinski definition) is 5. The number of rotatable bonds is 6. The third kappa shape index (κ3) is 4.24. The molecule has 0 aliphatic carbocycles. The molecule has 1 aromatic carbocycles. The van der Waals surface area contributed by atoms with Gasteiger partial charge in [0, 0.05) is 6.54 Å². The summed E-state index contributed by atoms with van der Waals surface area (Å²) in [5, 5.41) is 6.45. The van der Waals surface area contributed by atoms with Gasteiger partial charge in [0.05, 0.1) is 10.1 Å². The van der Waals surface area contributed by atoms with Gasteiger partial charge in [-0.1, -0.05) is 42.1 Å². The van der Waals surface area contributed by atoms with E-state index in [1.165, 1.54) is 11.3 Å². The van der Waals surface area contributed by atoms with E-state index in [9.17, 15) is 14.4 Å². The summed E-state index contributed by atoms with van der Waals surface area (Å²) in [4.78, 5) is 35.3. The van der Waals surface area contributed by atoms with Gasteiger partial charge in [0.2, 0.25) is 5.91 Å². The van der Waals surface area contributed by atoms with Crippen LogP contribution >= 0.6 is 23.1 Å². The minimum atomic E-state index is -0.339. The number of nitrogens with one attached hydrogen (secondary N) is 2. The lowest BCUT2D eigenvalue weighted by Gasteiger charge is -2.07. The van der Waals surface area contributed by atoms with Crippen LogP contribution < -0.4 is 10.6 Å². The highest BCUT2D eigenvalue weighted by Gasteiger charge is 2.31. The quantitative estimate of drug-likeness (QED) is 0.830. The molecule has 0 spiro atoms. The van der Waals surface area contributed by atoms with Gasteiger partial charge in [-0.15, -0.1) is 11.3 Å². The Kier molecular flexibility index (Phi) is 5.32. The highest BCUT2D eigenvalue weighted by atomic mass is 32.2. The number of amides is 3. The minimum absolute atomic E-state index is 0.0458. The van der Waals surface area contributed by atoms with Gasteiger partial charge >= 0.3 is 0 Å². The fraction of sp³-hybridized carbons (Fsp3) is 0.235. The van der Waals surface area contributed by atoms with Crippen molar-refractivity contribution in [1.82, 2.24) is 10.6 Å². The summed E-state index contributed by atoms with van der Waals surface area (Å²) in [6, 6.07) is 11.6. The molecule has 2 aromatic rings. The Morgan fingerprint density at radius 1 is 1.12 bits per heavy atom. The third-order valence-electron chi connectivity index (χ3n) is 3.66. The highest BCUT2D eigenvalue weighted by molar-refractivity contribution is 8.15. The van der Waals surface area contributed by atoms with Crippen molar-refractivity contribution in [3.63, 3.8) is 0 Å². The average Bonchev–Trinajstić information content (AvgIpc) is 3.19. The smallest absolute Gasteiger partial charge is 0.286 e. The summed E-state index contributed by atoms with van der Waals surface area (Å²) in [7, 11) is 0. The molecule has 7 heteroatoms. The van der Waals surface area contributed by atoms with Crippen molar-refractivity contribution in [1.29, 1.82) is 0 Å². The van der Waals surface area contributed by atoms with Crippen LogP contribution in [0.25, 0.3) is 0 Å². The van der Waals surface area contributed by atoms with Gasteiger partial charge < -0.3 is 5.32 Å². The van der Waals surface area contributed by atoms with E-state index in [2.05, 4.69) is 10.6 Å². The molecule has 1 aliphatic heterocycles. The van der Waals surface area contributed by atoms with E-state index >= 15 is 0 Å². The Morgan fingerprint density at radius 3 is 2.50 bits per heavy atom. The van der Waals surface area contributed by atoms with E-state index in [1.54, 1.807) is 6.07 Å². The van der Waals surface area contributed by atoms with Crippen LogP contribution in [0.2, 0.25) is 0 Å². The van der Waals surface area contributed by atoms with Crippen LogP contribution in [0.15, 0.2) is 41.8 Å². The maximum Gasteiger partial charge on any atom is 0.286 e. The molecule has 2 heterocycles. The number of hydrogen-bond donors (Lipinski definition) is 2. The van der Waals surface area contributed by atoms with Crippen molar-refractivity contribution >= 4 is 40.2 Å². The fourth-order valence-electron chi connectivity index (χ4n) is 2.40. The molecular formula is C17H16N2O3S2. The summed E-state index contributed by atoms with van der Waals surface area (Å²) in [5.74, 6) is -0.263. The lowest BCUT2D eigenvalue weighted by Crippen LogP contribution is -2.25. The molecule has 1 aliphatic rings. The maximum absolute atomic E-state index is 11.8. The summed E-state index contributed by atoms with van der Waals surface area (Å²) >= 11 is 2.47. The largest absolute Gasteiger partial charge is 0.351 e. The second-order valence-corrected chi connectivity index (χ2v) is 7.51. The minimum Gasteiger partial charge on any atom is -0.351 e. The van der Waals surface area contributed by atoms with Crippen LogP contribution in [-0.4, -0.2) is 28.8 Å². The van der Waals surface area contributed by atoms with E-state index in [4.69, 9.17) is 0 Å². The first-order valence-corrected chi connectivity index (χ1v) is 9.29. The summed E-state index contributed by atoms with van der Waals surface area (Å²) < 4.78 is 0. The Labute approximate surface area is 147 Å². The molecule has 3 rings (SSSR count).